The average Bonchev–Trinajstić information content (AvgIpc) is 3.06. The van der Waals surface area contributed by atoms with Crippen molar-refractivity contribution in [1.82, 2.24) is 20.0 Å². The number of benzene rings is 1. The zero-order chi connectivity index (χ0) is 17.7. The maximum Gasteiger partial charge on any atom is 0.193 e. The van der Waals surface area contributed by atoms with Gasteiger partial charge in [0.05, 0.1) is 31.6 Å². The summed E-state index contributed by atoms with van der Waals surface area (Å²) in [6.07, 6.45) is 3.98. The molecule has 0 aliphatic carbocycles. The van der Waals surface area contributed by atoms with Gasteiger partial charge in [-0.15, -0.1) is 0 Å². The molecule has 1 aromatic carbocycles. The van der Waals surface area contributed by atoms with Crippen LogP contribution in [0.25, 0.3) is 5.69 Å². The van der Waals surface area contributed by atoms with Crippen molar-refractivity contribution in [1.29, 1.82) is 0 Å². The molecular formula is C19H27N5O. The number of hydrogen-bond acceptors (Lipinski definition) is 3. The molecule has 25 heavy (non-hydrogen) atoms. The van der Waals surface area contributed by atoms with Gasteiger partial charge in [-0.3, -0.25) is 4.99 Å². The fraction of sp³-hybridized carbons (Fsp3) is 0.474. The number of para-hydroxylation sites is 1. The van der Waals surface area contributed by atoms with Gasteiger partial charge >= 0.3 is 0 Å². The van der Waals surface area contributed by atoms with E-state index in [4.69, 9.17) is 9.73 Å². The monoisotopic (exact) mass is 341 g/mol. The van der Waals surface area contributed by atoms with Gasteiger partial charge in [-0.25, -0.2) is 4.68 Å². The predicted molar refractivity (Wildman–Crippen MR) is 99.9 cm³/mol. The number of hydrogen-bond donors (Lipinski definition) is 1. The Hall–Kier alpha value is -2.34. The summed E-state index contributed by atoms with van der Waals surface area (Å²) in [7, 11) is 2.06. The zero-order valence-electron chi connectivity index (χ0n) is 15.3. The van der Waals surface area contributed by atoms with E-state index in [2.05, 4.69) is 42.4 Å². The highest BCUT2D eigenvalue weighted by molar-refractivity contribution is 5.79. The standard InChI is InChI=1S/C19H27N5O/c1-4-20-18(21-13-19(2)14-25-15-19)23(3)11-16-10-22-24(12-16)17-8-6-5-7-9-17/h5-10,12H,4,11,13-15H2,1-3H3,(H,20,21). The van der Waals surface area contributed by atoms with Crippen molar-refractivity contribution in [2.24, 2.45) is 10.4 Å². The van der Waals surface area contributed by atoms with Crippen molar-refractivity contribution in [3.8, 4) is 5.69 Å². The SMILES string of the molecule is CCNC(=NCC1(C)COC1)N(C)Cc1cnn(-c2ccccc2)c1. The second-order valence-electron chi connectivity index (χ2n) is 6.96. The highest BCUT2D eigenvalue weighted by atomic mass is 16.5. The van der Waals surface area contributed by atoms with Crippen LogP contribution in [0.1, 0.15) is 19.4 Å². The first kappa shape index (κ1) is 17.5. The molecule has 0 amide bonds. The maximum atomic E-state index is 5.32. The lowest BCUT2D eigenvalue weighted by molar-refractivity contribution is -0.0946. The average molecular weight is 341 g/mol. The zero-order valence-corrected chi connectivity index (χ0v) is 15.3. The van der Waals surface area contributed by atoms with Crippen molar-refractivity contribution in [3.05, 3.63) is 48.3 Å². The fourth-order valence-corrected chi connectivity index (χ4v) is 2.79. The van der Waals surface area contributed by atoms with Gasteiger partial charge in [-0.05, 0) is 19.1 Å². The molecule has 6 heteroatoms. The lowest BCUT2D eigenvalue weighted by Crippen LogP contribution is -2.44. The second kappa shape index (κ2) is 7.70. The van der Waals surface area contributed by atoms with Gasteiger partial charge in [0.1, 0.15) is 0 Å². The van der Waals surface area contributed by atoms with E-state index in [9.17, 15) is 0 Å². The normalized spacial score (nSPS) is 16.4. The van der Waals surface area contributed by atoms with E-state index in [-0.39, 0.29) is 5.41 Å². The molecule has 0 saturated carbocycles. The Morgan fingerprint density at radius 1 is 1.36 bits per heavy atom. The van der Waals surface area contributed by atoms with Crippen LogP contribution >= 0.6 is 0 Å². The maximum absolute atomic E-state index is 5.32. The van der Waals surface area contributed by atoms with E-state index in [0.717, 1.165) is 50.1 Å². The second-order valence-corrected chi connectivity index (χ2v) is 6.96. The molecule has 1 fully saturated rings. The minimum Gasteiger partial charge on any atom is -0.380 e. The van der Waals surface area contributed by atoms with Gasteiger partial charge in [-0.1, -0.05) is 25.1 Å². The summed E-state index contributed by atoms with van der Waals surface area (Å²) in [4.78, 5) is 6.93. The summed E-state index contributed by atoms with van der Waals surface area (Å²) < 4.78 is 7.22. The van der Waals surface area contributed by atoms with Gasteiger partial charge < -0.3 is 15.0 Å². The van der Waals surface area contributed by atoms with Gasteiger partial charge in [0, 0.05) is 37.3 Å². The molecule has 1 saturated heterocycles. The summed E-state index contributed by atoms with van der Waals surface area (Å²) >= 11 is 0. The number of nitrogens with one attached hydrogen (secondary N) is 1. The van der Waals surface area contributed by atoms with Crippen LogP contribution in [0.4, 0.5) is 0 Å². The molecule has 0 bridgehead atoms. The Morgan fingerprint density at radius 3 is 2.76 bits per heavy atom. The first-order valence-electron chi connectivity index (χ1n) is 8.76. The first-order valence-corrected chi connectivity index (χ1v) is 8.76. The Bertz CT molecular complexity index is 706. The van der Waals surface area contributed by atoms with Crippen molar-refractivity contribution < 1.29 is 4.74 Å². The summed E-state index contributed by atoms with van der Waals surface area (Å²) in [6.45, 7) is 8.28. The molecule has 2 heterocycles. The van der Waals surface area contributed by atoms with Gasteiger partial charge in [0.2, 0.25) is 0 Å². The van der Waals surface area contributed by atoms with Gasteiger partial charge in [0.25, 0.3) is 0 Å². The summed E-state index contributed by atoms with van der Waals surface area (Å²) in [5, 5.41) is 7.84. The molecule has 0 atom stereocenters. The molecule has 134 valence electrons. The molecule has 1 aliphatic rings. The third-order valence-corrected chi connectivity index (χ3v) is 4.28. The quantitative estimate of drug-likeness (QED) is 0.647. The van der Waals surface area contributed by atoms with Crippen LogP contribution in [0.2, 0.25) is 0 Å². The molecule has 6 nitrogen and oxygen atoms in total. The lowest BCUT2D eigenvalue weighted by Gasteiger charge is -2.37. The van der Waals surface area contributed by atoms with Crippen LogP contribution in [-0.4, -0.2) is 54.0 Å². The Kier molecular flexibility index (Phi) is 5.38. The van der Waals surface area contributed by atoms with E-state index in [1.165, 1.54) is 0 Å². The molecule has 0 spiro atoms. The molecule has 1 N–H and O–H groups in total. The van der Waals surface area contributed by atoms with E-state index >= 15 is 0 Å². The molecular weight excluding hydrogens is 314 g/mol. The van der Waals surface area contributed by atoms with E-state index in [1.54, 1.807) is 0 Å². The van der Waals surface area contributed by atoms with Crippen LogP contribution in [0.5, 0.6) is 0 Å². The lowest BCUT2D eigenvalue weighted by atomic mass is 9.89. The molecule has 2 aromatic rings. The number of guanidine groups is 1. The molecule has 1 aliphatic heterocycles. The van der Waals surface area contributed by atoms with E-state index < -0.39 is 0 Å². The Balaban J connectivity index is 1.65. The van der Waals surface area contributed by atoms with Crippen molar-refractivity contribution in [2.75, 3.05) is 33.4 Å². The molecule has 1 aromatic heterocycles. The van der Waals surface area contributed by atoms with Crippen molar-refractivity contribution in [3.63, 3.8) is 0 Å². The smallest absolute Gasteiger partial charge is 0.193 e. The van der Waals surface area contributed by atoms with Crippen LogP contribution < -0.4 is 5.32 Å². The van der Waals surface area contributed by atoms with E-state index in [0.29, 0.717) is 0 Å². The number of aromatic nitrogens is 2. The van der Waals surface area contributed by atoms with Crippen LogP contribution in [0.3, 0.4) is 0 Å². The van der Waals surface area contributed by atoms with E-state index in [1.807, 2.05) is 41.2 Å². The Labute approximate surface area is 149 Å². The Morgan fingerprint density at radius 2 is 2.12 bits per heavy atom. The van der Waals surface area contributed by atoms with Gasteiger partial charge in [0.15, 0.2) is 5.96 Å². The minimum atomic E-state index is 0.180. The van der Waals surface area contributed by atoms with Crippen LogP contribution in [0.15, 0.2) is 47.7 Å². The third-order valence-electron chi connectivity index (χ3n) is 4.28. The highest BCUT2D eigenvalue weighted by Crippen LogP contribution is 2.26. The van der Waals surface area contributed by atoms with Crippen molar-refractivity contribution in [2.45, 2.75) is 20.4 Å². The third kappa shape index (κ3) is 4.39. The van der Waals surface area contributed by atoms with Crippen LogP contribution in [-0.2, 0) is 11.3 Å². The predicted octanol–water partition coefficient (Wildman–Crippen LogP) is 2.31. The number of nitrogens with zero attached hydrogens (tertiary/aromatic N) is 4. The molecule has 0 radical (unpaired) electrons. The number of ether oxygens (including phenoxy) is 1. The fourth-order valence-electron chi connectivity index (χ4n) is 2.79. The minimum absolute atomic E-state index is 0.180. The molecule has 3 rings (SSSR count). The molecule has 0 unspecified atom stereocenters. The van der Waals surface area contributed by atoms with Crippen molar-refractivity contribution >= 4 is 5.96 Å². The first-order chi connectivity index (χ1) is 12.1. The highest BCUT2D eigenvalue weighted by Gasteiger charge is 2.33. The summed E-state index contributed by atoms with van der Waals surface area (Å²) in [6, 6.07) is 10.1. The number of aliphatic imine (C=N–C) groups is 1. The largest absolute Gasteiger partial charge is 0.380 e. The topological polar surface area (TPSA) is 54.7 Å². The summed E-state index contributed by atoms with van der Waals surface area (Å²) in [5.74, 6) is 0.920. The van der Waals surface area contributed by atoms with Gasteiger partial charge in [-0.2, -0.15) is 5.10 Å². The summed E-state index contributed by atoms with van der Waals surface area (Å²) in [5.41, 5.74) is 2.39. The number of rotatable bonds is 6. The van der Waals surface area contributed by atoms with Crippen LogP contribution in [0, 0.1) is 5.41 Å².